The first kappa shape index (κ1) is 22.4. The largest absolute Gasteiger partial charge is 0.508 e. The molecule has 1 atom stereocenters. The fourth-order valence-electron chi connectivity index (χ4n) is 4.83. The lowest BCUT2D eigenvalue weighted by molar-refractivity contribution is -0.127. The van der Waals surface area contributed by atoms with Crippen molar-refractivity contribution in [3.8, 4) is 5.75 Å². The molecule has 4 rings (SSSR count). The zero-order chi connectivity index (χ0) is 22.9. The number of phenolic OH excluding ortho intramolecular Hbond substituents is 1. The molecule has 7 heteroatoms. The van der Waals surface area contributed by atoms with E-state index in [-0.39, 0.29) is 36.1 Å². The maximum Gasteiger partial charge on any atom is 0.277 e. The van der Waals surface area contributed by atoms with Crippen molar-refractivity contribution < 1.29 is 14.7 Å². The van der Waals surface area contributed by atoms with Crippen LogP contribution >= 0.6 is 0 Å². The highest BCUT2D eigenvalue weighted by Crippen LogP contribution is 2.34. The van der Waals surface area contributed by atoms with Gasteiger partial charge in [-0.15, -0.1) is 0 Å². The molecule has 32 heavy (non-hydrogen) atoms. The number of anilines is 1. The Kier molecular flexibility index (Phi) is 6.26. The molecule has 2 aliphatic rings. The molecular weight excluding hydrogens is 404 g/mol. The third-order valence-corrected chi connectivity index (χ3v) is 6.80. The highest BCUT2D eigenvalue weighted by Gasteiger charge is 2.49. The van der Waals surface area contributed by atoms with Crippen molar-refractivity contribution in [1.29, 1.82) is 0 Å². The fraction of sp³-hybridized carbons (Fsp3) is 0.560. The van der Waals surface area contributed by atoms with Crippen molar-refractivity contribution in [2.24, 2.45) is 0 Å². The normalized spacial score (nSPS) is 22.4. The lowest BCUT2D eigenvalue weighted by atomic mass is 9.91. The number of carbonyl (C=O) groups excluding carboxylic acids is 2. The highest BCUT2D eigenvalue weighted by molar-refractivity contribution is 6.11. The van der Waals surface area contributed by atoms with E-state index in [0.717, 1.165) is 31.4 Å². The van der Waals surface area contributed by atoms with E-state index in [0.29, 0.717) is 11.4 Å². The number of carbonyl (C=O) groups is 2. The van der Waals surface area contributed by atoms with Gasteiger partial charge in [0.2, 0.25) is 5.91 Å². The van der Waals surface area contributed by atoms with Gasteiger partial charge < -0.3 is 10.4 Å². The Morgan fingerprint density at radius 2 is 1.75 bits per heavy atom. The molecule has 1 fully saturated rings. The van der Waals surface area contributed by atoms with Crippen LogP contribution in [0.15, 0.2) is 30.3 Å². The number of aromatic hydroxyl groups is 1. The van der Waals surface area contributed by atoms with E-state index in [4.69, 9.17) is 0 Å². The fourth-order valence-corrected chi connectivity index (χ4v) is 4.83. The summed E-state index contributed by atoms with van der Waals surface area (Å²) in [5.74, 6) is -0.113. The number of hydrogen-bond donors (Lipinski definition) is 2. The van der Waals surface area contributed by atoms with Crippen LogP contribution in [0.2, 0.25) is 0 Å². The maximum absolute atomic E-state index is 13.7. The Hall–Kier alpha value is -2.83. The Morgan fingerprint density at radius 3 is 2.38 bits per heavy atom. The standard InChI is InChI=1S/C25H34N4O3/c1-17(2)21-15-22-23(31)29(19-11-13-20(30)14-12-19)25(3,16-28(22)27-21)24(32)26-18-9-7-5-4-6-8-10-18/h11-15,17-18,30H,4-10,16H2,1-3H3,(H,26,32). The van der Waals surface area contributed by atoms with Crippen LogP contribution in [-0.4, -0.2) is 38.3 Å². The number of rotatable bonds is 4. The Morgan fingerprint density at radius 1 is 1.12 bits per heavy atom. The van der Waals surface area contributed by atoms with Crippen LogP contribution in [0.3, 0.4) is 0 Å². The number of hydrogen-bond acceptors (Lipinski definition) is 4. The predicted molar refractivity (Wildman–Crippen MR) is 124 cm³/mol. The van der Waals surface area contributed by atoms with Gasteiger partial charge in [-0.25, -0.2) is 0 Å². The van der Waals surface area contributed by atoms with Gasteiger partial charge in [0.05, 0.1) is 12.2 Å². The first-order chi connectivity index (χ1) is 15.3. The molecule has 0 spiro atoms. The van der Waals surface area contributed by atoms with E-state index >= 15 is 0 Å². The summed E-state index contributed by atoms with van der Waals surface area (Å²) < 4.78 is 1.69. The minimum atomic E-state index is -1.14. The molecule has 1 aromatic carbocycles. The zero-order valence-corrected chi connectivity index (χ0v) is 19.3. The first-order valence-corrected chi connectivity index (χ1v) is 11.8. The number of nitrogens with zero attached hydrogens (tertiary/aromatic N) is 3. The van der Waals surface area contributed by atoms with Gasteiger partial charge in [0.1, 0.15) is 17.0 Å². The Labute approximate surface area is 189 Å². The van der Waals surface area contributed by atoms with E-state index in [9.17, 15) is 14.7 Å². The number of benzene rings is 1. The molecule has 0 saturated heterocycles. The van der Waals surface area contributed by atoms with Crippen molar-refractivity contribution in [1.82, 2.24) is 15.1 Å². The average molecular weight is 439 g/mol. The lowest BCUT2D eigenvalue weighted by Crippen LogP contribution is -2.65. The molecule has 7 nitrogen and oxygen atoms in total. The molecule has 2 aromatic rings. The van der Waals surface area contributed by atoms with Crippen LogP contribution in [0.1, 0.15) is 87.8 Å². The Bertz CT molecular complexity index is 974. The molecule has 1 unspecified atom stereocenters. The quantitative estimate of drug-likeness (QED) is 0.742. The summed E-state index contributed by atoms with van der Waals surface area (Å²) in [6, 6.07) is 8.41. The highest BCUT2D eigenvalue weighted by atomic mass is 16.3. The van der Waals surface area contributed by atoms with Crippen LogP contribution in [-0.2, 0) is 11.3 Å². The molecule has 2 amide bonds. The summed E-state index contributed by atoms with van der Waals surface area (Å²) in [6.45, 7) is 6.17. The monoisotopic (exact) mass is 438 g/mol. The molecule has 2 N–H and O–H groups in total. The minimum absolute atomic E-state index is 0.117. The van der Waals surface area contributed by atoms with Crippen LogP contribution in [0.4, 0.5) is 5.69 Å². The van der Waals surface area contributed by atoms with Crippen LogP contribution < -0.4 is 10.2 Å². The smallest absolute Gasteiger partial charge is 0.277 e. The molecule has 1 aliphatic carbocycles. The molecule has 1 saturated carbocycles. The van der Waals surface area contributed by atoms with Gasteiger partial charge in [0.25, 0.3) is 5.91 Å². The molecule has 2 heterocycles. The second kappa shape index (κ2) is 8.96. The van der Waals surface area contributed by atoms with E-state index in [2.05, 4.69) is 10.4 Å². The number of nitrogens with one attached hydrogen (secondary N) is 1. The molecule has 0 bridgehead atoms. The van der Waals surface area contributed by atoms with Crippen molar-refractivity contribution in [2.75, 3.05) is 4.90 Å². The Balaban J connectivity index is 1.70. The molecule has 0 radical (unpaired) electrons. The minimum Gasteiger partial charge on any atom is -0.508 e. The third-order valence-electron chi connectivity index (χ3n) is 6.80. The summed E-state index contributed by atoms with van der Waals surface area (Å²) in [4.78, 5) is 29.0. The summed E-state index contributed by atoms with van der Waals surface area (Å²) >= 11 is 0. The van der Waals surface area contributed by atoms with Gasteiger partial charge in [0, 0.05) is 11.7 Å². The summed E-state index contributed by atoms with van der Waals surface area (Å²) in [7, 11) is 0. The second-order valence-electron chi connectivity index (χ2n) is 9.71. The number of phenols is 1. The van der Waals surface area contributed by atoms with Gasteiger partial charge in [-0.1, -0.05) is 46.0 Å². The van der Waals surface area contributed by atoms with Crippen LogP contribution in [0.25, 0.3) is 0 Å². The third kappa shape index (κ3) is 4.25. The van der Waals surface area contributed by atoms with Gasteiger partial charge >= 0.3 is 0 Å². The van der Waals surface area contributed by atoms with Crippen LogP contribution in [0.5, 0.6) is 5.75 Å². The van der Waals surface area contributed by atoms with Crippen molar-refractivity contribution in [2.45, 2.75) is 89.8 Å². The topological polar surface area (TPSA) is 87.5 Å². The van der Waals surface area contributed by atoms with Gasteiger partial charge in [-0.2, -0.15) is 5.10 Å². The number of fused-ring (bicyclic) bond motifs is 1. The lowest BCUT2D eigenvalue weighted by Gasteiger charge is -2.43. The van der Waals surface area contributed by atoms with E-state index in [1.54, 1.807) is 33.8 Å². The van der Waals surface area contributed by atoms with E-state index < -0.39 is 5.54 Å². The summed E-state index contributed by atoms with van der Waals surface area (Å²) in [5, 5.41) is 17.7. The first-order valence-electron chi connectivity index (χ1n) is 11.8. The molecule has 1 aromatic heterocycles. The number of aromatic nitrogens is 2. The summed E-state index contributed by atoms with van der Waals surface area (Å²) in [6.07, 6.45) is 7.85. The van der Waals surface area contributed by atoms with E-state index in [1.165, 1.54) is 19.3 Å². The SMILES string of the molecule is CC(C)c1cc2n(n1)CC(C)(C(=O)NC1CCCCCCC1)N(c1ccc(O)cc1)C2=O. The van der Waals surface area contributed by atoms with Gasteiger partial charge in [-0.3, -0.25) is 19.2 Å². The van der Waals surface area contributed by atoms with Crippen molar-refractivity contribution >= 4 is 17.5 Å². The average Bonchev–Trinajstić information content (AvgIpc) is 3.15. The van der Waals surface area contributed by atoms with Crippen LogP contribution in [0, 0.1) is 0 Å². The van der Waals surface area contributed by atoms with Crippen molar-refractivity contribution in [3.63, 3.8) is 0 Å². The number of amides is 2. The zero-order valence-electron chi connectivity index (χ0n) is 19.3. The predicted octanol–water partition coefficient (Wildman–Crippen LogP) is 4.36. The second-order valence-corrected chi connectivity index (χ2v) is 9.71. The molecule has 1 aliphatic heterocycles. The maximum atomic E-state index is 13.7. The molecular formula is C25H34N4O3. The van der Waals surface area contributed by atoms with Crippen molar-refractivity contribution in [3.05, 3.63) is 41.7 Å². The summed E-state index contributed by atoms with van der Waals surface area (Å²) in [5.41, 5.74) is 0.771. The molecule has 172 valence electrons. The van der Waals surface area contributed by atoms with Gasteiger partial charge in [0.15, 0.2) is 0 Å². The van der Waals surface area contributed by atoms with Gasteiger partial charge in [-0.05, 0) is 56.0 Å². The van der Waals surface area contributed by atoms with E-state index in [1.807, 2.05) is 26.8 Å².